The average Bonchev–Trinajstić information content (AvgIpc) is 1.95. The van der Waals surface area contributed by atoms with Crippen molar-refractivity contribution in [1.82, 2.24) is 0 Å². The summed E-state index contributed by atoms with van der Waals surface area (Å²) in [6.45, 7) is 3.94. The van der Waals surface area contributed by atoms with Gasteiger partial charge in [-0.25, -0.2) is 12.1 Å². The molecular weight excluding hydrogens is 209 g/mol. The molecule has 1 aromatic rings. The van der Waals surface area contributed by atoms with Crippen LogP contribution in [0.1, 0.15) is 18.1 Å². The fourth-order valence-electron chi connectivity index (χ4n) is 0.760. The smallest absolute Gasteiger partial charge is 0 e. The Kier molecular flexibility index (Phi) is 5.71. The maximum atomic E-state index is 3.12. The SMILES string of the molecule is C[C-]=Cc1[c-]cc(C)cc1.[Y]. The van der Waals surface area contributed by atoms with Crippen LogP contribution in [0.3, 0.4) is 0 Å². The number of hydrogen-bond acceptors (Lipinski definition) is 0. The van der Waals surface area contributed by atoms with Crippen molar-refractivity contribution in [3.8, 4) is 0 Å². The molecule has 0 atom stereocenters. The zero-order valence-corrected chi connectivity index (χ0v) is 9.73. The van der Waals surface area contributed by atoms with Gasteiger partial charge in [0, 0.05) is 32.7 Å². The van der Waals surface area contributed by atoms with Gasteiger partial charge in [0.1, 0.15) is 0 Å². The molecule has 1 aromatic carbocycles. The molecule has 0 aliphatic heterocycles. The summed E-state index contributed by atoms with van der Waals surface area (Å²) in [7, 11) is 0. The second-order valence-corrected chi connectivity index (χ2v) is 2.25. The Morgan fingerprint density at radius 1 is 1.45 bits per heavy atom. The Hall–Kier alpha value is 0.0639. The van der Waals surface area contributed by atoms with Gasteiger partial charge < -0.3 is 17.7 Å². The molecule has 1 radical (unpaired) electrons. The summed E-state index contributed by atoms with van der Waals surface area (Å²) >= 11 is 0. The second kappa shape index (κ2) is 5.68. The monoisotopic (exact) mass is 219 g/mol. The standard InChI is InChI=1S/C10H10.Y/c1-3-4-10-7-5-9(2)6-8-10;/h4-7H,1-2H3;/q-2;. The van der Waals surface area contributed by atoms with Gasteiger partial charge in [-0.1, -0.05) is 6.92 Å². The van der Waals surface area contributed by atoms with E-state index in [0.717, 1.165) is 5.56 Å². The fraction of sp³-hybridized carbons (Fsp3) is 0.200. The van der Waals surface area contributed by atoms with Crippen molar-refractivity contribution in [3.63, 3.8) is 0 Å². The molecule has 0 aromatic heterocycles. The van der Waals surface area contributed by atoms with Crippen LogP contribution in [0, 0.1) is 19.1 Å². The van der Waals surface area contributed by atoms with Gasteiger partial charge in [0.05, 0.1) is 0 Å². The number of aryl methyl sites for hydroxylation is 1. The molecule has 0 N–H and O–H groups in total. The Bertz CT molecular complexity index is 221. The summed E-state index contributed by atoms with van der Waals surface area (Å²) in [6.07, 6.45) is 4.86. The third-order valence-electron chi connectivity index (χ3n) is 1.29. The molecule has 0 bridgehead atoms. The summed E-state index contributed by atoms with van der Waals surface area (Å²) < 4.78 is 0. The van der Waals surface area contributed by atoms with Crippen molar-refractivity contribution in [3.05, 3.63) is 41.5 Å². The first-order valence-corrected chi connectivity index (χ1v) is 3.32. The van der Waals surface area contributed by atoms with E-state index in [1.54, 1.807) is 0 Å². The van der Waals surface area contributed by atoms with E-state index >= 15 is 0 Å². The van der Waals surface area contributed by atoms with Gasteiger partial charge in [-0.05, 0) is 0 Å². The average molecular weight is 219 g/mol. The maximum Gasteiger partial charge on any atom is 0 e. The largest absolute Gasteiger partial charge is 0.330 e. The quantitative estimate of drug-likeness (QED) is 0.637. The Morgan fingerprint density at radius 2 is 2.18 bits per heavy atom. The van der Waals surface area contributed by atoms with E-state index in [4.69, 9.17) is 0 Å². The number of hydrogen-bond donors (Lipinski definition) is 0. The van der Waals surface area contributed by atoms with Crippen LogP contribution in [0.15, 0.2) is 18.2 Å². The third kappa shape index (κ3) is 3.83. The molecule has 0 aliphatic rings. The zero-order valence-electron chi connectivity index (χ0n) is 6.89. The second-order valence-electron chi connectivity index (χ2n) is 2.25. The van der Waals surface area contributed by atoms with Crippen molar-refractivity contribution in [2.75, 3.05) is 0 Å². The fourth-order valence-corrected chi connectivity index (χ4v) is 0.760. The first-order chi connectivity index (χ1) is 4.83. The minimum Gasteiger partial charge on any atom is -0.330 e. The van der Waals surface area contributed by atoms with Crippen LogP contribution in [-0.4, -0.2) is 0 Å². The summed E-state index contributed by atoms with van der Waals surface area (Å²) in [4.78, 5) is 0. The minimum atomic E-state index is 0. The van der Waals surface area contributed by atoms with Crippen LogP contribution in [0.2, 0.25) is 0 Å². The summed E-state index contributed by atoms with van der Waals surface area (Å²) in [6, 6.07) is 9.20. The number of benzene rings is 1. The van der Waals surface area contributed by atoms with Crippen molar-refractivity contribution in [2.24, 2.45) is 0 Å². The normalized spacial score (nSPS) is 9.64. The molecule has 0 unspecified atom stereocenters. The summed E-state index contributed by atoms with van der Waals surface area (Å²) in [5.74, 6) is 0. The molecule has 55 valence electrons. The Morgan fingerprint density at radius 3 is 2.64 bits per heavy atom. The van der Waals surface area contributed by atoms with E-state index in [-0.39, 0.29) is 32.7 Å². The first kappa shape index (κ1) is 11.1. The van der Waals surface area contributed by atoms with E-state index < -0.39 is 0 Å². The van der Waals surface area contributed by atoms with Crippen LogP contribution in [0.5, 0.6) is 0 Å². The summed E-state index contributed by atoms with van der Waals surface area (Å²) in [5.41, 5.74) is 2.33. The van der Waals surface area contributed by atoms with Gasteiger partial charge in [-0.15, -0.1) is 12.5 Å². The minimum absolute atomic E-state index is 0. The number of allylic oxidation sites excluding steroid dienone is 1. The molecule has 1 rings (SSSR count). The summed E-state index contributed by atoms with van der Waals surface area (Å²) in [5, 5.41) is 0. The Balaban J connectivity index is 0.000001000. The van der Waals surface area contributed by atoms with Gasteiger partial charge in [-0.3, -0.25) is 0 Å². The van der Waals surface area contributed by atoms with Gasteiger partial charge in [0.2, 0.25) is 0 Å². The molecule has 1 heteroatoms. The van der Waals surface area contributed by atoms with Gasteiger partial charge in [0.15, 0.2) is 0 Å². The Labute approximate surface area is 93.6 Å². The molecular formula is C10H10Y-2. The van der Waals surface area contributed by atoms with Crippen LogP contribution in [0.4, 0.5) is 0 Å². The van der Waals surface area contributed by atoms with Crippen molar-refractivity contribution < 1.29 is 32.7 Å². The molecule has 11 heavy (non-hydrogen) atoms. The van der Waals surface area contributed by atoms with Crippen LogP contribution in [0.25, 0.3) is 6.08 Å². The van der Waals surface area contributed by atoms with Crippen molar-refractivity contribution in [1.29, 1.82) is 0 Å². The van der Waals surface area contributed by atoms with Crippen LogP contribution < -0.4 is 0 Å². The number of rotatable bonds is 1. The van der Waals surface area contributed by atoms with Crippen molar-refractivity contribution in [2.45, 2.75) is 13.8 Å². The van der Waals surface area contributed by atoms with Crippen molar-refractivity contribution >= 4 is 6.08 Å². The maximum absolute atomic E-state index is 3.12. The van der Waals surface area contributed by atoms with E-state index in [2.05, 4.69) is 25.1 Å². The zero-order chi connectivity index (χ0) is 7.40. The van der Waals surface area contributed by atoms with Gasteiger partial charge in [0.25, 0.3) is 0 Å². The molecule has 0 saturated carbocycles. The molecule has 0 saturated heterocycles. The van der Waals surface area contributed by atoms with E-state index in [1.807, 2.05) is 25.1 Å². The molecule has 0 fully saturated rings. The molecule has 0 nitrogen and oxygen atoms in total. The predicted octanol–water partition coefficient (Wildman–Crippen LogP) is 2.63. The first-order valence-electron chi connectivity index (χ1n) is 3.32. The van der Waals surface area contributed by atoms with Crippen LogP contribution >= 0.6 is 0 Å². The van der Waals surface area contributed by atoms with E-state index in [1.165, 1.54) is 5.56 Å². The van der Waals surface area contributed by atoms with Gasteiger partial charge in [-0.2, -0.15) is 12.1 Å². The molecule has 0 amide bonds. The van der Waals surface area contributed by atoms with Gasteiger partial charge >= 0.3 is 0 Å². The molecule has 0 aliphatic carbocycles. The van der Waals surface area contributed by atoms with E-state index in [0.29, 0.717) is 0 Å². The van der Waals surface area contributed by atoms with Crippen LogP contribution in [-0.2, 0) is 32.7 Å². The molecule has 0 spiro atoms. The third-order valence-corrected chi connectivity index (χ3v) is 1.29. The molecule has 0 heterocycles. The topological polar surface area (TPSA) is 0 Å². The predicted molar refractivity (Wildman–Crippen MR) is 43.4 cm³/mol. The van der Waals surface area contributed by atoms with E-state index in [9.17, 15) is 0 Å².